The Morgan fingerprint density at radius 1 is 1.13 bits per heavy atom. The van der Waals surface area contributed by atoms with Crippen LogP contribution in [0.15, 0.2) is 60.9 Å². The number of carbonyl (C=O) groups is 1. The molecule has 0 spiro atoms. The van der Waals surface area contributed by atoms with Gasteiger partial charge in [0.25, 0.3) is 5.91 Å². The topological polar surface area (TPSA) is 67.7 Å². The summed E-state index contributed by atoms with van der Waals surface area (Å²) in [7, 11) is 0. The highest BCUT2D eigenvalue weighted by molar-refractivity contribution is 5.96. The maximum absolute atomic E-state index is 13.7. The van der Waals surface area contributed by atoms with Gasteiger partial charge in [0.05, 0.1) is 30.2 Å². The van der Waals surface area contributed by atoms with Crippen molar-refractivity contribution >= 4 is 17.2 Å². The van der Waals surface area contributed by atoms with E-state index in [1.807, 2.05) is 19.1 Å². The standard InChI is InChI=1S/C28H26F4N4O2/c1-17-12-18(8-9-23(17)27(37)35-20-5-3-6-20)25-15-34-26-24(33-11-10-28(30,31)32)14-22(16-36(25)26)38-21-7-2-4-19(29)13-21/h2,4,7-9,12-16,20,33H,3,5-6,10-11H2,1H3,(H,35,37). The minimum absolute atomic E-state index is 0.112. The number of ether oxygens (including phenoxy) is 1. The van der Waals surface area contributed by atoms with Crippen LogP contribution in [0.3, 0.4) is 0 Å². The molecule has 0 atom stereocenters. The van der Waals surface area contributed by atoms with Gasteiger partial charge in [0.2, 0.25) is 0 Å². The molecule has 0 bridgehead atoms. The number of aromatic nitrogens is 2. The molecule has 6 nitrogen and oxygen atoms in total. The molecule has 4 aromatic rings. The third kappa shape index (κ3) is 5.74. The average molecular weight is 527 g/mol. The molecule has 1 fully saturated rings. The summed E-state index contributed by atoms with van der Waals surface area (Å²) >= 11 is 0. The lowest BCUT2D eigenvalue weighted by Crippen LogP contribution is -2.39. The molecule has 198 valence electrons. The van der Waals surface area contributed by atoms with Crippen LogP contribution in [0, 0.1) is 12.7 Å². The molecule has 1 saturated carbocycles. The van der Waals surface area contributed by atoms with Crippen LogP contribution in [0.5, 0.6) is 11.5 Å². The summed E-state index contributed by atoms with van der Waals surface area (Å²) in [4.78, 5) is 17.1. The number of halogens is 4. The Hall–Kier alpha value is -4.08. The maximum Gasteiger partial charge on any atom is 0.390 e. The zero-order chi connectivity index (χ0) is 26.9. The number of carbonyl (C=O) groups excluding carboxylic acids is 1. The van der Waals surface area contributed by atoms with E-state index in [1.54, 1.807) is 28.9 Å². The van der Waals surface area contributed by atoms with Crippen molar-refractivity contribution in [3.63, 3.8) is 0 Å². The number of nitrogens with one attached hydrogen (secondary N) is 2. The summed E-state index contributed by atoms with van der Waals surface area (Å²) in [5.74, 6) is -0.0684. The first kappa shape index (κ1) is 25.6. The van der Waals surface area contributed by atoms with Crippen LogP contribution in [0.4, 0.5) is 23.2 Å². The Labute approximate surface area is 216 Å². The summed E-state index contributed by atoms with van der Waals surface area (Å²) in [5, 5.41) is 5.84. The molecule has 38 heavy (non-hydrogen) atoms. The van der Waals surface area contributed by atoms with Crippen molar-refractivity contribution in [1.29, 1.82) is 0 Å². The second-order valence-electron chi connectivity index (χ2n) is 9.41. The van der Waals surface area contributed by atoms with Crippen LogP contribution < -0.4 is 15.4 Å². The van der Waals surface area contributed by atoms with Crippen molar-refractivity contribution in [3.8, 4) is 22.8 Å². The molecule has 2 aromatic carbocycles. The number of aryl methyl sites for hydroxylation is 1. The molecule has 5 rings (SSSR count). The number of hydrogen-bond acceptors (Lipinski definition) is 4. The van der Waals surface area contributed by atoms with Gasteiger partial charge in [-0.2, -0.15) is 13.2 Å². The van der Waals surface area contributed by atoms with Gasteiger partial charge in [-0.3, -0.25) is 9.20 Å². The van der Waals surface area contributed by atoms with Crippen molar-refractivity contribution in [2.45, 2.75) is 44.8 Å². The summed E-state index contributed by atoms with van der Waals surface area (Å²) in [6.07, 6.45) is 1.02. The van der Waals surface area contributed by atoms with Gasteiger partial charge in [-0.25, -0.2) is 9.37 Å². The van der Waals surface area contributed by atoms with E-state index in [-0.39, 0.29) is 30.0 Å². The molecule has 0 unspecified atom stereocenters. The van der Waals surface area contributed by atoms with E-state index < -0.39 is 18.4 Å². The molecular weight excluding hydrogens is 500 g/mol. The third-order valence-electron chi connectivity index (χ3n) is 6.54. The van der Waals surface area contributed by atoms with Crippen LogP contribution in [0.2, 0.25) is 0 Å². The number of pyridine rings is 1. The molecular formula is C28H26F4N4O2. The molecule has 2 aromatic heterocycles. The zero-order valence-corrected chi connectivity index (χ0v) is 20.6. The smallest absolute Gasteiger partial charge is 0.390 e. The fraction of sp³-hybridized carbons (Fsp3) is 0.286. The SMILES string of the molecule is Cc1cc(-c2cnc3c(NCCC(F)(F)F)cc(Oc4cccc(F)c4)cn23)ccc1C(=O)NC1CCC1. The molecule has 10 heteroatoms. The van der Waals surface area contributed by atoms with Crippen LogP contribution in [-0.4, -0.2) is 34.1 Å². The Balaban J connectivity index is 1.49. The lowest BCUT2D eigenvalue weighted by atomic mass is 9.92. The van der Waals surface area contributed by atoms with Crippen LogP contribution in [0.1, 0.15) is 41.6 Å². The lowest BCUT2D eigenvalue weighted by Gasteiger charge is -2.26. The van der Waals surface area contributed by atoms with E-state index >= 15 is 0 Å². The number of imidazole rings is 1. The number of amides is 1. The molecule has 0 saturated heterocycles. The van der Waals surface area contributed by atoms with Crippen LogP contribution in [-0.2, 0) is 0 Å². The fourth-order valence-corrected chi connectivity index (χ4v) is 4.36. The van der Waals surface area contributed by atoms with Gasteiger partial charge >= 0.3 is 6.18 Å². The van der Waals surface area contributed by atoms with E-state index in [0.717, 1.165) is 30.4 Å². The van der Waals surface area contributed by atoms with Gasteiger partial charge in [-0.05, 0) is 56.0 Å². The molecule has 2 N–H and O–H groups in total. The summed E-state index contributed by atoms with van der Waals surface area (Å²) in [5.41, 5.74) is 3.52. The molecule has 1 aliphatic rings. The Bertz CT molecular complexity index is 1480. The predicted molar refractivity (Wildman–Crippen MR) is 136 cm³/mol. The van der Waals surface area contributed by atoms with Crippen molar-refractivity contribution in [3.05, 3.63) is 77.9 Å². The third-order valence-corrected chi connectivity index (χ3v) is 6.54. The van der Waals surface area contributed by atoms with E-state index in [0.29, 0.717) is 22.6 Å². The minimum Gasteiger partial charge on any atom is -0.456 e. The molecule has 1 amide bonds. The number of rotatable bonds is 8. The summed E-state index contributed by atoms with van der Waals surface area (Å²) in [6.45, 7) is 1.50. The second-order valence-corrected chi connectivity index (χ2v) is 9.41. The largest absolute Gasteiger partial charge is 0.456 e. The first-order valence-electron chi connectivity index (χ1n) is 12.3. The first-order chi connectivity index (χ1) is 18.2. The molecule has 0 aliphatic heterocycles. The van der Waals surface area contributed by atoms with Gasteiger partial charge in [0.15, 0.2) is 5.65 Å². The van der Waals surface area contributed by atoms with Gasteiger partial charge in [-0.1, -0.05) is 12.1 Å². The van der Waals surface area contributed by atoms with Gasteiger partial charge in [-0.15, -0.1) is 0 Å². The molecule has 2 heterocycles. The Morgan fingerprint density at radius 2 is 1.95 bits per heavy atom. The highest BCUT2D eigenvalue weighted by Crippen LogP contribution is 2.32. The van der Waals surface area contributed by atoms with Crippen LogP contribution >= 0.6 is 0 Å². The lowest BCUT2D eigenvalue weighted by molar-refractivity contribution is -0.131. The fourth-order valence-electron chi connectivity index (χ4n) is 4.36. The maximum atomic E-state index is 13.7. The Kier molecular flexibility index (Phi) is 6.96. The van der Waals surface area contributed by atoms with E-state index in [4.69, 9.17) is 4.74 Å². The van der Waals surface area contributed by atoms with Gasteiger partial charge in [0, 0.05) is 35.8 Å². The minimum atomic E-state index is -4.32. The van der Waals surface area contributed by atoms with Gasteiger partial charge < -0.3 is 15.4 Å². The zero-order valence-electron chi connectivity index (χ0n) is 20.6. The summed E-state index contributed by atoms with van der Waals surface area (Å²) < 4.78 is 59.6. The number of alkyl halides is 3. The number of benzene rings is 2. The number of hydrogen-bond donors (Lipinski definition) is 2. The van der Waals surface area contributed by atoms with E-state index in [1.165, 1.54) is 24.3 Å². The van der Waals surface area contributed by atoms with Gasteiger partial charge in [0.1, 0.15) is 17.3 Å². The number of fused-ring (bicyclic) bond motifs is 1. The number of nitrogens with zero attached hydrogens (tertiary/aromatic N) is 2. The van der Waals surface area contributed by atoms with E-state index in [2.05, 4.69) is 15.6 Å². The monoisotopic (exact) mass is 526 g/mol. The average Bonchev–Trinajstić information content (AvgIpc) is 3.24. The molecule has 1 aliphatic carbocycles. The quantitative estimate of drug-likeness (QED) is 0.246. The predicted octanol–water partition coefficient (Wildman–Crippen LogP) is 6.89. The highest BCUT2D eigenvalue weighted by atomic mass is 19.4. The van der Waals surface area contributed by atoms with Crippen molar-refractivity contribution in [1.82, 2.24) is 14.7 Å². The first-order valence-corrected chi connectivity index (χ1v) is 12.3. The van der Waals surface area contributed by atoms with Crippen LogP contribution in [0.25, 0.3) is 16.9 Å². The second kappa shape index (κ2) is 10.4. The normalized spacial score (nSPS) is 13.8. The molecule has 0 radical (unpaired) electrons. The van der Waals surface area contributed by atoms with Crippen molar-refractivity contribution in [2.75, 3.05) is 11.9 Å². The number of anilines is 1. The van der Waals surface area contributed by atoms with Crippen molar-refractivity contribution < 1.29 is 27.1 Å². The van der Waals surface area contributed by atoms with Crippen molar-refractivity contribution in [2.24, 2.45) is 0 Å². The van der Waals surface area contributed by atoms with E-state index in [9.17, 15) is 22.4 Å². The Morgan fingerprint density at radius 3 is 2.63 bits per heavy atom. The summed E-state index contributed by atoms with van der Waals surface area (Å²) in [6, 6.07) is 12.8. The highest BCUT2D eigenvalue weighted by Gasteiger charge is 2.26.